The molecule has 138 valence electrons. The lowest BCUT2D eigenvalue weighted by atomic mass is 9.79. The number of carbonyl (C=O) groups excluding carboxylic acids is 1. The molecule has 1 fully saturated rings. The fraction of sp³-hybridized carbons (Fsp3) is 0.478. The van der Waals surface area contributed by atoms with Crippen LogP contribution in [0, 0.1) is 11.8 Å². The molecule has 1 aromatic heterocycles. The second-order valence-corrected chi connectivity index (χ2v) is 7.58. The summed E-state index contributed by atoms with van der Waals surface area (Å²) in [5.41, 5.74) is 3.39. The number of carbonyl (C=O) groups is 1. The van der Waals surface area contributed by atoms with E-state index in [4.69, 9.17) is 0 Å². The highest BCUT2D eigenvalue weighted by Gasteiger charge is 2.25. The van der Waals surface area contributed by atoms with Crippen molar-refractivity contribution in [2.24, 2.45) is 11.8 Å². The molecule has 0 unspecified atom stereocenters. The second-order valence-electron chi connectivity index (χ2n) is 7.58. The smallest absolute Gasteiger partial charge is 0.227 e. The summed E-state index contributed by atoms with van der Waals surface area (Å²) >= 11 is 0. The molecule has 0 atom stereocenters. The van der Waals surface area contributed by atoms with Gasteiger partial charge in [0.2, 0.25) is 5.91 Å². The summed E-state index contributed by atoms with van der Waals surface area (Å²) < 4.78 is 0. The summed E-state index contributed by atoms with van der Waals surface area (Å²) in [4.78, 5) is 16.6. The van der Waals surface area contributed by atoms with Crippen LogP contribution in [0.5, 0.6) is 0 Å². The molecule has 2 aromatic rings. The Kier molecular flexibility index (Phi) is 6.82. The van der Waals surface area contributed by atoms with Crippen LogP contribution in [0.15, 0.2) is 48.8 Å². The summed E-state index contributed by atoms with van der Waals surface area (Å²) in [6, 6.07) is 12.3. The number of benzene rings is 1. The molecule has 26 heavy (non-hydrogen) atoms. The van der Waals surface area contributed by atoms with Gasteiger partial charge in [-0.1, -0.05) is 38.3 Å². The van der Waals surface area contributed by atoms with Crippen molar-refractivity contribution in [2.75, 3.05) is 5.32 Å². The van der Waals surface area contributed by atoms with E-state index in [1.54, 1.807) is 0 Å². The molecule has 1 heterocycles. The topological polar surface area (TPSA) is 42.0 Å². The molecule has 0 spiro atoms. The van der Waals surface area contributed by atoms with E-state index in [-0.39, 0.29) is 11.8 Å². The first kappa shape index (κ1) is 18.6. The van der Waals surface area contributed by atoms with Gasteiger partial charge >= 0.3 is 0 Å². The summed E-state index contributed by atoms with van der Waals surface area (Å²) in [6.45, 7) is 2.25. The number of rotatable bonds is 7. The number of unbranched alkanes of at least 4 members (excludes halogenated alkanes) is 1. The Morgan fingerprint density at radius 3 is 2.31 bits per heavy atom. The zero-order valence-corrected chi connectivity index (χ0v) is 15.8. The summed E-state index contributed by atoms with van der Waals surface area (Å²) in [6.07, 6.45) is 13.0. The lowest BCUT2D eigenvalue weighted by molar-refractivity contribution is -0.121. The number of hydrogen-bond donors (Lipinski definition) is 1. The molecule has 0 saturated heterocycles. The van der Waals surface area contributed by atoms with E-state index in [2.05, 4.69) is 29.4 Å². The number of pyridine rings is 1. The van der Waals surface area contributed by atoms with Crippen molar-refractivity contribution in [1.82, 2.24) is 4.98 Å². The zero-order valence-electron chi connectivity index (χ0n) is 15.8. The molecular formula is C23H30N2O. The van der Waals surface area contributed by atoms with Crippen LogP contribution in [0.3, 0.4) is 0 Å². The molecule has 3 rings (SSSR count). The van der Waals surface area contributed by atoms with Crippen molar-refractivity contribution in [2.45, 2.75) is 58.3 Å². The molecule has 3 nitrogen and oxygen atoms in total. The number of nitrogens with zero attached hydrogens (tertiary/aromatic N) is 1. The van der Waals surface area contributed by atoms with Gasteiger partial charge in [-0.3, -0.25) is 9.78 Å². The van der Waals surface area contributed by atoms with Crippen LogP contribution in [0.25, 0.3) is 0 Å². The minimum Gasteiger partial charge on any atom is -0.326 e. The number of amides is 1. The van der Waals surface area contributed by atoms with E-state index >= 15 is 0 Å². The largest absolute Gasteiger partial charge is 0.326 e. The number of anilines is 1. The lowest BCUT2D eigenvalue weighted by Crippen LogP contribution is -2.27. The van der Waals surface area contributed by atoms with Gasteiger partial charge in [-0.25, -0.2) is 0 Å². The summed E-state index contributed by atoms with van der Waals surface area (Å²) in [5.74, 6) is 1.22. The van der Waals surface area contributed by atoms with Crippen molar-refractivity contribution in [1.29, 1.82) is 0 Å². The first-order valence-corrected chi connectivity index (χ1v) is 10.0. The first-order valence-electron chi connectivity index (χ1n) is 10.0. The number of hydrogen-bond acceptors (Lipinski definition) is 2. The van der Waals surface area contributed by atoms with Gasteiger partial charge in [-0.05, 0) is 73.4 Å². The van der Waals surface area contributed by atoms with E-state index in [9.17, 15) is 4.79 Å². The Labute approximate surface area is 157 Å². The fourth-order valence-electron chi connectivity index (χ4n) is 3.89. The Balaban J connectivity index is 1.47. The normalized spacial score (nSPS) is 19.9. The van der Waals surface area contributed by atoms with Crippen molar-refractivity contribution in [3.8, 4) is 0 Å². The maximum atomic E-state index is 12.5. The average Bonchev–Trinajstić information content (AvgIpc) is 2.69. The van der Waals surface area contributed by atoms with Crippen LogP contribution in [0.4, 0.5) is 5.69 Å². The Bertz CT molecular complexity index is 673. The van der Waals surface area contributed by atoms with Crippen LogP contribution in [-0.4, -0.2) is 10.9 Å². The third kappa shape index (κ3) is 5.42. The molecule has 0 bridgehead atoms. The van der Waals surface area contributed by atoms with Crippen molar-refractivity contribution < 1.29 is 4.79 Å². The van der Waals surface area contributed by atoms with E-state index in [1.807, 2.05) is 36.7 Å². The molecule has 3 heteroatoms. The number of aromatic nitrogens is 1. The fourth-order valence-corrected chi connectivity index (χ4v) is 3.89. The Hall–Kier alpha value is -2.16. The molecule has 1 amide bonds. The highest BCUT2D eigenvalue weighted by atomic mass is 16.1. The predicted octanol–water partition coefficient (Wildman–Crippen LogP) is 5.61. The Morgan fingerprint density at radius 2 is 1.65 bits per heavy atom. The lowest BCUT2D eigenvalue weighted by Gasteiger charge is -2.27. The summed E-state index contributed by atoms with van der Waals surface area (Å²) in [5, 5.41) is 3.11. The van der Waals surface area contributed by atoms with Crippen molar-refractivity contribution in [3.05, 3.63) is 59.9 Å². The predicted molar refractivity (Wildman–Crippen MR) is 107 cm³/mol. The molecule has 1 saturated carbocycles. The maximum Gasteiger partial charge on any atom is 0.227 e. The molecule has 1 aliphatic rings. The zero-order chi connectivity index (χ0) is 18.2. The Morgan fingerprint density at radius 1 is 1.00 bits per heavy atom. The first-order chi connectivity index (χ1) is 12.7. The van der Waals surface area contributed by atoms with Gasteiger partial charge in [-0.15, -0.1) is 0 Å². The third-order valence-corrected chi connectivity index (χ3v) is 5.56. The monoisotopic (exact) mass is 350 g/mol. The minimum absolute atomic E-state index is 0.185. The standard InChI is InChI=1S/C23H30N2O/c1-2-3-4-18-5-9-21(10-6-18)23(26)25-22-11-7-19(8-12-22)17-20-13-15-24-16-14-20/h7-8,11-16,18,21H,2-6,9-10,17H2,1H3,(H,25,26). The quantitative estimate of drug-likeness (QED) is 0.705. The van der Waals surface area contributed by atoms with Gasteiger partial charge in [0.15, 0.2) is 0 Å². The van der Waals surface area contributed by atoms with Crippen LogP contribution in [-0.2, 0) is 11.2 Å². The van der Waals surface area contributed by atoms with Crippen molar-refractivity contribution in [3.63, 3.8) is 0 Å². The molecule has 1 N–H and O–H groups in total. The van der Waals surface area contributed by atoms with Crippen LogP contribution < -0.4 is 5.32 Å². The second kappa shape index (κ2) is 9.51. The van der Waals surface area contributed by atoms with Crippen LogP contribution >= 0.6 is 0 Å². The summed E-state index contributed by atoms with van der Waals surface area (Å²) in [7, 11) is 0. The average molecular weight is 351 g/mol. The number of nitrogens with one attached hydrogen (secondary N) is 1. The SMILES string of the molecule is CCCCC1CCC(C(=O)Nc2ccc(Cc3ccncc3)cc2)CC1. The van der Waals surface area contributed by atoms with Gasteiger partial charge < -0.3 is 5.32 Å². The maximum absolute atomic E-state index is 12.5. The molecular weight excluding hydrogens is 320 g/mol. The van der Waals surface area contributed by atoms with Gasteiger partial charge in [0.05, 0.1) is 0 Å². The van der Waals surface area contributed by atoms with Gasteiger partial charge in [0.25, 0.3) is 0 Å². The van der Waals surface area contributed by atoms with E-state index in [0.29, 0.717) is 0 Å². The highest BCUT2D eigenvalue weighted by molar-refractivity contribution is 5.92. The molecule has 0 aliphatic heterocycles. The van der Waals surface area contributed by atoms with Gasteiger partial charge in [0, 0.05) is 24.0 Å². The molecule has 1 aliphatic carbocycles. The van der Waals surface area contributed by atoms with E-state index < -0.39 is 0 Å². The van der Waals surface area contributed by atoms with E-state index in [1.165, 1.54) is 43.2 Å². The third-order valence-electron chi connectivity index (χ3n) is 5.56. The molecule has 0 radical (unpaired) electrons. The van der Waals surface area contributed by atoms with Crippen LogP contribution in [0.1, 0.15) is 63.0 Å². The van der Waals surface area contributed by atoms with Crippen molar-refractivity contribution >= 4 is 11.6 Å². The van der Waals surface area contributed by atoms with E-state index in [0.717, 1.165) is 30.9 Å². The molecule has 1 aromatic carbocycles. The van der Waals surface area contributed by atoms with Gasteiger partial charge in [-0.2, -0.15) is 0 Å². The minimum atomic E-state index is 0.185. The highest BCUT2D eigenvalue weighted by Crippen LogP contribution is 2.32. The van der Waals surface area contributed by atoms with Crippen LogP contribution in [0.2, 0.25) is 0 Å². The van der Waals surface area contributed by atoms with Gasteiger partial charge in [0.1, 0.15) is 0 Å².